The van der Waals surface area contributed by atoms with Gasteiger partial charge in [-0.25, -0.2) is 9.78 Å². The van der Waals surface area contributed by atoms with Gasteiger partial charge in [0.25, 0.3) is 0 Å². The number of carbonyl (C=O) groups excluding carboxylic acids is 1. The van der Waals surface area contributed by atoms with Crippen LogP contribution in [-0.2, 0) is 14.9 Å². The van der Waals surface area contributed by atoms with Gasteiger partial charge in [-0.2, -0.15) is 0 Å². The van der Waals surface area contributed by atoms with Crippen LogP contribution in [0.4, 0.5) is 5.13 Å². The number of carbonyl (C=O) groups is 1. The molecule has 2 heterocycles. The first kappa shape index (κ1) is 23.0. The molecule has 5 nitrogen and oxygen atoms in total. The lowest BCUT2D eigenvalue weighted by atomic mass is 9.71. The lowest BCUT2D eigenvalue weighted by Crippen LogP contribution is -2.50. The maximum atomic E-state index is 13.5. The number of aliphatic hydroxyl groups excluding tert-OH is 1. The molecule has 2 aliphatic carbocycles. The summed E-state index contributed by atoms with van der Waals surface area (Å²) in [5.41, 5.74) is 7.23. The molecule has 0 spiro atoms. The molecule has 2 aromatic rings. The van der Waals surface area contributed by atoms with Gasteiger partial charge in [-0.05, 0) is 60.6 Å². The Morgan fingerprint density at radius 1 is 1.12 bits per heavy atom. The second kappa shape index (κ2) is 8.49. The Labute approximate surface area is 204 Å². The van der Waals surface area contributed by atoms with E-state index in [1.165, 1.54) is 48.8 Å². The third-order valence-corrected chi connectivity index (χ3v) is 9.80. The molecule has 0 atom stereocenters. The Morgan fingerprint density at radius 2 is 1.73 bits per heavy atom. The first-order valence-corrected chi connectivity index (χ1v) is 13.8. The van der Waals surface area contributed by atoms with Crippen molar-refractivity contribution in [1.82, 2.24) is 4.98 Å². The summed E-state index contributed by atoms with van der Waals surface area (Å²) < 4.78 is 7.39. The predicted molar refractivity (Wildman–Crippen MR) is 136 cm³/mol. The number of thiazole rings is 1. The summed E-state index contributed by atoms with van der Waals surface area (Å²) in [5.74, 6) is 0.574. The van der Waals surface area contributed by atoms with Crippen molar-refractivity contribution in [3.63, 3.8) is 0 Å². The zero-order valence-electron chi connectivity index (χ0n) is 19.8. The number of fused-ring (bicyclic) bond motifs is 1. The molecule has 5 rings (SSSR count). The van der Waals surface area contributed by atoms with Crippen LogP contribution < -0.4 is 5.73 Å². The number of hydrogen-bond acceptors (Lipinski definition) is 7. The van der Waals surface area contributed by atoms with Gasteiger partial charge < -0.3 is 15.6 Å². The molecule has 2 saturated carbocycles. The van der Waals surface area contributed by atoms with Gasteiger partial charge in [0.2, 0.25) is 0 Å². The van der Waals surface area contributed by atoms with E-state index in [-0.39, 0.29) is 17.1 Å². The van der Waals surface area contributed by atoms with Gasteiger partial charge in [-0.3, -0.25) is 0 Å². The first-order valence-electron chi connectivity index (χ1n) is 12.2. The summed E-state index contributed by atoms with van der Waals surface area (Å²) in [4.78, 5) is 19.2. The summed E-state index contributed by atoms with van der Waals surface area (Å²) in [6.07, 6.45) is 9.59. The van der Waals surface area contributed by atoms with Crippen LogP contribution in [0.5, 0.6) is 0 Å². The Kier molecular flexibility index (Phi) is 5.93. The van der Waals surface area contributed by atoms with Gasteiger partial charge >= 0.3 is 5.97 Å². The van der Waals surface area contributed by atoms with Crippen molar-refractivity contribution >= 4 is 44.4 Å². The SMILES string of the molecule is CC(C)(C)c1cc2nc(N)sc2cc1SC1=C(O)CC(C2CCCC2)(C2CCCC2)OC1=O. The van der Waals surface area contributed by atoms with Crippen molar-refractivity contribution < 1.29 is 14.6 Å². The van der Waals surface area contributed by atoms with Crippen molar-refractivity contribution in [3.05, 3.63) is 28.4 Å². The lowest BCUT2D eigenvalue weighted by molar-refractivity contribution is -0.174. The van der Waals surface area contributed by atoms with E-state index >= 15 is 0 Å². The maximum absolute atomic E-state index is 13.5. The molecule has 0 bridgehead atoms. The maximum Gasteiger partial charge on any atom is 0.349 e. The monoisotopic (exact) mass is 486 g/mol. The highest BCUT2D eigenvalue weighted by atomic mass is 32.2. The van der Waals surface area contributed by atoms with Crippen molar-refractivity contribution in [2.24, 2.45) is 11.8 Å². The van der Waals surface area contributed by atoms with Crippen molar-refractivity contribution in [3.8, 4) is 0 Å². The number of aliphatic hydroxyl groups is 1. The van der Waals surface area contributed by atoms with E-state index in [2.05, 4.69) is 37.9 Å². The number of rotatable bonds is 4. The molecule has 33 heavy (non-hydrogen) atoms. The first-order chi connectivity index (χ1) is 15.7. The number of hydrogen-bond donors (Lipinski definition) is 2. The fourth-order valence-corrected chi connectivity index (χ4v) is 8.20. The number of nitrogens with two attached hydrogens (primary N) is 1. The topological polar surface area (TPSA) is 85.4 Å². The van der Waals surface area contributed by atoms with Crippen LogP contribution in [0.2, 0.25) is 0 Å². The molecular formula is C26H34N2O3S2. The molecule has 0 radical (unpaired) electrons. The number of thioether (sulfide) groups is 1. The summed E-state index contributed by atoms with van der Waals surface area (Å²) >= 11 is 2.78. The second-order valence-electron chi connectivity index (χ2n) is 11.0. The molecule has 0 unspecified atom stereocenters. The third-order valence-electron chi connectivity index (χ3n) is 7.79. The molecule has 2 fully saturated rings. The average molecular weight is 487 g/mol. The summed E-state index contributed by atoms with van der Waals surface area (Å²) in [7, 11) is 0. The fraction of sp³-hybridized carbons (Fsp3) is 0.615. The summed E-state index contributed by atoms with van der Waals surface area (Å²) in [5, 5.41) is 11.8. The van der Waals surface area contributed by atoms with Crippen LogP contribution in [0.15, 0.2) is 27.7 Å². The van der Waals surface area contributed by atoms with Crippen LogP contribution in [0, 0.1) is 11.8 Å². The third kappa shape index (κ3) is 4.16. The number of anilines is 1. The highest BCUT2D eigenvalue weighted by molar-refractivity contribution is 8.04. The van der Waals surface area contributed by atoms with Gasteiger partial charge in [-0.1, -0.05) is 69.6 Å². The normalized spacial score (nSPS) is 22.5. The zero-order valence-corrected chi connectivity index (χ0v) is 21.4. The molecular weight excluding hydrogens is 452 g/mol. The number of nitrogen functional groups attached to an aromatic ring is 1. The van der Waals surface area contributed by atoms with Gasteiger partial charge in [0.15, 0.2) is 5.13 Å². The fourth-order valence-electron chi connectivity index (χ4n) is 6.19. The van der Waals surface area contributed by atoms with Crippen LogP contribution in [0.3, 0.4) is 0 Å². The standard InChI is InChI=1S/C26H34N2O3S2/c1-25(2,3)17-12-18-21(33-24(27)28-18)13-20(17)32-22-19(29)14-26(31-23(22)30,15-8-4-5-9-15)16-10-6-7-11-16/h12-13,15-16,29H,4-11,14H2,1-3H3,(H2,27,28). The Morgan fingerprint density at radius 3 is 2.27 bits per heavy atom. The van der Waals surface area contributed by atoms with Crippen LogP contribution in [-0.4, -0.2) is 21.7 Å². The molecule has 7 heteroatoms. The van der Waals surface area contributed by atoms with E-state index in [1.54, 1.807) is 0 Å². The quantitative estimate of drug-likeness (QED) is 0.448. The Hall–Kier alpha value is -1.73. The Bertz CT molecular complexity index is 1090. The second-order valence-corrected chi connectivity index (χ2v) is 13.1. The highest BCUT2D eigenvalue weighted by Crippen LogP contribution is 2.53. The molecule has 3 N–H and O–H groups in total. The molecule has 178 valence electrons. The molecule has 1 aromatic heterocycles. The van der Waals surface area contributed by atoms with Crippen molar-refractivity contribution in [1.29, 1.82) is 0 Å². The number of nitrogens with zero attached hydrogens (tertiary/aromatic N) is 1. The minimum absolute atomic E-state index is 0.152. The van der Waals surface area contributed by atoms with E-state index in [4.69, 9.17) is 10.5 Å². The molecule has 3 aliphatic rings. The summed E-state index contributed by atoms with van der Waals surface area (Å²) in [6.45, 7) is 6.44. The lowest BCUT2D eigenvalue weighted by Gasteiger charge is -2.45. The van der Waals surface area contributed by atoms with Crippen molar-refractivity contribution in [2.75, 3.05) is 5.73 Å². The number of aromatic nitrogens is 1. The van der Waals surface area contributed by atoms with E-state index in [1.807, 2.05) is 0 Å². The number of cyclic esters (lactones) is 1. The smallest absolute Gasteiger partial charge is 0.349 e. The number of esters is 1. The number of ether oxygens (including phenoxy) is 1. The zero-order chi connectivity index (χ0) is 23.4. The van der Waals surface area contributed by atoms with Crippen LogP contribution >= 0.6 is 23.1 Å². The van der Waals surface area contributed by atoms with E-state index in [0.717, 1.165) is 46.4 Å². The molecule has 1 aliphatic heterocycles. The highest BCUT2D eigenvalue weighted by Gasteiger charge is 2.53. The largest absolute Gasteiger partial charge is 0.511 e. The Balaban J connectivity index is 1.53. The van der Waals surface area contributed by atoms with Crippen LogP contribution in [0.1, 0.15) is 84.1 Å². The van der Waals surface area contributed by atoms with E-state index in [9.17, 15) is 9.90 Å². The van der Waals surface area contributed by atoms with Gasteiger partial charge in [0, 0.05) is 11.3 Å². The van der Waals surface area contributed by atoms with E-state index < -0.39 is 5.60 Å². The predicted octanol–water partition coefficient (Wildman–Crippen LogP) is 7.10. The van der Waals surface area contributed by atoms with Gasteiger partial charge in [-0.15, -0.1) is 0 Å². The van der Waals surface area contributed by atoms with Gasteiger partial charge in [0.1, 0.15) is 16.3 Å². The average Bonchev–Trinajstić information content (AvgIpc) is 3.50. The number of benzene rings is 1. The van der Waals surface area contributed by atoms with Crippen LogP contribution in [0.25, 0.3) is 10.2 Å². The van der Waals surface area contributed by atoms with Crippen molar-refractivity contribution in [2.45, 2.75) is 94.5 Å². The molecule has 0 saturated heterocycles. The molecule has 0 amide bonds. The van der Waals surface area contributed by atoms with Gasteiger partial charge in [0.05, 0.1) is 10.2 Å². The van der Waals surface area contributed by atoms with E-state index in [0.29, 0.717) is 28.3 Å². The molecule has 1 aromatic carbocycles. The minimum atomic E-state index is -0.527. The summed E-state index contributed by atoms with van der Waals surface area (Å²) in [6, 6.07) is 4.12. The minimum Gasteiger partial charge on any atom is -0.511 e.